The highest BCUT2D eigenvalue weighted by molar-refractivity contribution is 7.12. The van der Waals surface area contributed by atoms with Crippen LogP contribution in [0.2, 0.25) is 0 Å². The first-order valence-corrected chi connectivity index (χ1v) is 5.67. The lowest BCUT2D eigenvalue weighted by Crippen LogP contribution is -2.17. The lowest BCUT2D eigenvalue weighted by atomic mass is 9.90. The van der Waals surface area contributed by atoms with Gasteiger partial charge in [0.2, 0.25) is 0 Å². The lowest BCUT2D eigenvalue weighted by molar-refractivity contribution is -0.140. The highest BCUT2D eigenvalue weighted by atomic mass is 32.1. The minimum Gasteiger partial charge on any atom is -0.481 e. The topological polar surface area (TPSA) is 37.3 Å². The van der Waals surface area contributed by atoms with Gasteiger partial charge < -0.3 is 5.11 Å². The maximum atomic E-state index is 11.1. The second-order valence-electron chi connectivity index (χ2n) is 3.65. The maximum Gasteiger partial charge on any atom is 0.312 e. The van der Waals surface area contributed by atoms with Crippen LogP contribution >= 0.6 is 11.3 Å². The van der Waals surface area contributed by atoms with Crippen molar-refractivity contribution in [3.05, 3.63) is 21.9 Å². The molecule has 1 heterocycles. The van der Waals surface area contributed by atoms with Crippen LogP contribution in [0.25, 0.3) is 0 Å². The highest BCUT2D eigenvalue weighted by Crippen LogP contribution is 2.32. The van der Waals surface area contributed by atoms with Gasteiger partial charge in [0.25, 0.3) is 0 Å². The zero-order valence-electron chi connectivity index (χ0n) is 8.78. The number of rotatable bonds is 4. The first-order chi connectivity index (χ1) is 6.56. The first kappa shape index (κ1) is 11.2. The third-order valence-corrected chi connectivity index (χ3v) is 3.63. The summed E-state index contributed by atoms with van der Waals surface area (Å²) in [6.45, 7) is 6.03. The van der Waals surface area contributed by atoms with Crippen LogP contribution in [0.15, 0.2) is 12.1 Å². The van der Waals surface area contributed by atoms with E-state index in [0.717, 1.165) is 11.3 Å². The van der Waals surface area contributed by atoms with Crippen molar-refractivity contribution < 1.29 is 9.90 Å². The Hall–Kier alpha value is -0.830. The van der Waals surface area contributed by atoms with E-state index in [1.807, 2.05) is 32.9 Å². The lowest BCUT2D eigenvalue weighted by Gasteiger charge is -2.16. The SMILES string of the molecule is CCC(C)C(C(=O)O)c1ccc(C)s1. The average Bonchev–Trinajstić information content (AvgIpc) is 2.51. The van der Waals surface area contributed by atoms with Crippen molar-refractivity contribution in [1.82, 2.24) is 0 Å². The van der Waals surface area contributed by atoms with E-state index < -0.39 is 5.97 Å². The minimum atomic E-state index is -0.707. The first-order valence-electron chi connectivity index (χ1n) is 4.85. The van der Waals surface area contributed by atoms with Gasteiger partial charge in [0, 0.05) is 9.75 Å². The standard InChI is InChI=1S/C11H16O2S/c1-4-7(2)10(11(12)13)9-6-5-8(3)14-9/h5-7,10H,4H2,1-3H3,(H,12,13). The number of carboxylic acids is 1. The van der Waals surface area contributed by atoms with Crippen molar-refractivity contribution in [2.45, 2.75) is 33.1 Å². The van der Waals surface area contributed by atoms with E-state index in [1.165, 1.54) is 4.88 Å². The van der Waals surface area contributed by atoms with Gasteiger partial charge in [-0.2, -0.15) is 0 Å². The number of aliphatic carboxylic acids is 1. The predicted octanol–water partition coefficient (Wildman–Crippen LogP) is 3.27. The van der Waals surface area contributed by atoms with Crippen molar-refractivity contribution in [2.24, 2.45) is 5.92 Å². The summed E-state index contributed by atoms with van der Waals surface area (Å²) >= 11 is 1.59. The van der Waals surface area contributed by atoms with E-state index in [-0.39, 0.29) is 11.8 Å². The second-order valence-corrected chi connectivity index (χ2v) is 4.97. The molecule has 2 atom stereocenters. The molecule has 0 radical (unpaired) electrons. The fraction of sp³-hybridized carbons (Fsp3) is 0.545. The Balaban J connectivity index is 2.94. The molecule has 2 nitrogen and oxygen atoms in total. The molecule has 1 aromatic rings. The largest absolute Gasteiger partial charge is 0.481 e. The van der Waals surface area contributed by atoms with Gasteiger partial charge in [0.1, 0.15) is 0 Å². The Morgan fingerprint density at radius 1 is 1.57 bits per heavy atom. The van der Waals surface area contributed by atoms with Gasteiger partial charge in [0.15, 0.2) is 0 Å². The molecule has 1 N–H and O–H groups in total. The number of aryl methyl sites for hydroxylation is 1. The van der Waals surface area contributed by atoms with Crippen LogP contribution in [0.3, 0.4) is 0 Å². The molecule has 2 unspecified atom stereocenters. The molecule has 0 bridgehead atoms. The predicted molar refractivity (Wildman–Crippen MR) is 58.9 cm³/mol. The molecule has 78 valence electrons. The van der Waals surface area contributed by atoms with Crippen molar-refractivity contribution in [3.63, 3.8) is 0 Å². The minimum absolute atomic E-state index is 0.200. The fourth-order valence-corrected chi connectivity index (χ4v) is 2.61. The van der Waals surface area contributed by atoms with E-state index in [1.54, 1.807) is 11.3 Å². The second kappa shape index (κ2) is 4.60. The monoisotopic (exact) mass is 212 g/mol. The number of hydrogen-bond donors (Lipinski definition) is 1. The van der Waals surface area contributed by atoms with Gasteiger partial charge in [-0.25, -0.2) is 0 Å². The van der Waals surface area contributed by atoms with E-state index in [2.05, 4.69) is 0 Å². The molecule has 0 amide bonds. The third kappa shape index (κ3) is 2.35. The maximum absolute atomic E-state index is 11.1. The summed E-state index contributed by atoms with van der Waals surface area (Å²) in [6.07, 6.45) is 0.897. The van der Waals surface area contributed by atoms with Crippen molar-refractivity contribution >= 4 is 17.3 Å². The number of carbonyl (C=O) groups is 1. The fourth-order valence-electron chi connectivity index (χ4n) is 1.50. The zero-order chi connectivity index (χ0) is 10.7. The van der Waals surface area contributed by atoms with Crippen LogP contribution in [0.4, 0.5) is 0 Å². The smallest absolute Gasteiger partial charge is 0.312 e. The average molecular weight is 212 g/mol. The summed E-state index contributed by atoms with van der Waals surface area (Å²) in [4.78, 5) is 13.3. The van der Waals surface area contributed by atoms with Crippen LogP contribution in [0.5, 0.6) is 0 Å². The van der Waals surface area contributed by atoms with E-state index in [0.29, 0.717) is 0 Å². The van der Waals surface area contributed by atoms with Crippen molar-refractivity contribution in [2.75, 3.05) is 0 Å². The van der Waals surface area contributed by atoms with E-state index in [4.69, 9.17) is 5.11 Å². The quantitative estimate of drug-likeness (QED) is 0.831. The summed E-state index contributed by atoms with van der Waals surface area (Å²) in [6, 6.07) is 3.92. The van der Waals surface area contributed by atoms with Crippen LogP contribution in [-0.4, -0.2) is 11.1 Å². The van der Waals surface area contributed by atoms with Crippen LogP contribution in [0.1, 0.15) is 35.9 Å². The molecule has 0 saturated carbocycles. The van der Waals surface area contributed by atoms with Crippen LogP contribution in [0, 0.1) is 12.8 Å². The molecule has 0 aliphatic carbocycles. The van der Waals surface area contributed by atoms with Gasteiger partial charge in [-0.15, -0.1) is 11.3 Å². The van der Waals surface area contributed by atoms with Crippen molar-refractivity contribution in [3.8, 4) is 0 Å². The third-order valence-electron chi connectivity index (χ3n) is 2.55. The van der Waals surface area contributed by atoms with Crippen molar-refractivity contribution in [1.29, 1.82) is 0 Å². The highest BCUT2D eigenvalue weighted by Gasteiger charge is 2.26. The Bertz CT molecular complexity index is 317. The summed E-state index contributed by atoms with van der Waals surface area (Å²) in [5.74, 6) is -0.842. The molecule has 1 rings (SSSR count). The summed E-state index contributed by atoms with van der Waals surface area (Å²) in [5.41, 5.74) is 0. The normalized spacial score (nSPS) is 15.1. The molecule has 3 heteroatoms. The number of thiophene rings is 1. The molecule has 1 aromatic heterocycles. The molecular weight excluding hydrogens is 196 g/mol. The Morgan fingerprint density at radius 2 is 2.21 bits per heavy atom. The van der Waals surface area contributed by atoms with E-state index >= 15 is 0 Å². The Kier molecular flexibility index (Phi) is 3.69. The molecule has 14 heavy (non-hydrogen) atoms. The van der Waals surface area contributed by atoms with Gasteiger partial charge >= 0.3 is 5.97 Å². The zero-order valence-corrected chi connectivity index (χ0v) is 9.60. The number of hydrogen-bond acceptors (Lipinski definition) is 2. The molecule has 0 aromatic carbocycles. The summed E-state index contributed by atoms with van der Waals surface area (Å²) in [7, 11) is 0. The van der Waals surface area contributed by atoms with Gasteiger partial charge in [-0.1, -0.05) is 20.3 Å². The molecular formula is C11H16O2S. The van der Waals surface area contributed by atoms with Gasteiger partial charge in [-0.3, -0.25) is 4.79 Å². The molecule has 0 fully saturated rings. The molecule has 0 aliphatic heterocycles. The Morgan fingerprint density at radius 3 is 2.57 bits per heavy atom. The number of carboxylic acid groups (broad SMARTS) is 1. The van der Waals surface area contributed by atoms with Gasteiger partial charge in [0.05, 0.1) is 5.92 Å². The molecule has 0 spiro atoms. The Labute approximate surface area is 88.6 Å². The van der Waals surface area contributed by atoms with E-state index in [9.17, 15) is 4.79 Å². The molecule has 0 saturated heterocycles. The summed E-state index contributed by atoms with van der Waals surface area (Å²) < 4.78 is 0. The van der Waals surface area contributed by atoms with Crippen LogP contribution in [-0.2, 0) is 4.79 Å². The summed E-state index contributed by atoms with van der Waals surface area (Å²) in [5, 5.41) is 9.14. The van der Waals surface area contributed by atoms with Crippen LogP contribution < -0.4 is 0 Å². The molecule has 0 aliphatic rings. The van der Waals surface area contributed by atoms with Gasteiger partial charge in [-0.05, 0) is 25.0 Å².